The van der Waals surface area contributed by atoms with Gasteiger partial charge in [-0.1, -0.05) is 15.9 Å². The van der Waals surface area contributed by atoms with Crippen molar-refractivity contribution in [1.29, 1.82) is 0 Å². The molecule has 0 bridgehead atoms. The van der Waals surface area contributed by atoms with Gasteiger partial charge in [-0.2, -0.15) is 0 Å². The third kappa shape index (κ3) is 3.61. The molecule has 6 heteroatoms. The molecule has 0 amide bonds. The van der Waals surface area contributed by atoms with Crippen molar-refractivity contribution in [2.45, 2.75) is 19.5 Å². The van der Waals surface area contributed by atoms with Gasteiger partial charge in [-0.25, -0.2) is 0 Å². The summed E-state index contributed by atoms with van der Waals surface area (Å²) in [5.74, 6) is 0. The van der Waals surface area contributed by atoms with Crippen molar-refractivity contribution in [1.82, 2.24) is 10.3 Å². The molecule has 0 fully saturated rings. The van der Waals surface area contributed by atoms with Gasteiger partial charge in [0.1, 0.15) is 0 Å². The number of pyridine rings is 1. The minimum Gasteiger partial charge on any atom is -0.306 e. The van der Waals surface area contributed by atoms with Crippen molar-refractivity contribution in [3.8, 4) is 0 Å². The van der Waals surface area contributed by atoms with Gasteiger partial charge in [0.15, 0.2) is 0 Å². The maximum Gasteiger partial charge on any atom is 0.270 e. The lowest BCUT2D eigenvalue weighted by molar-refractivity contribution is -0.384. The SMILES string of the molecule is CC(NCc1ccc([N+](=O)[O-])cc1Br)c1ccncc1. The molecule has 1 aromatic heterocycles. The number of nitro groups is 1. The molecule has 0 saturated carbocycles. The molecule has 104 valence electrons. The fourth-order valence-electron chi connectivity index (χ4n) is 1.83. The molecule has 1 heterocycles. The van der Waals surface area contributed by atoms with Crippen LogP contribution in [-0.4, -0.2) is 9.91 Å². The summed E-state index contributed by atoms with van der Waals surface area (Å²) in [6, 6.07) is 8.90. The summed E-state index contributed by atoms with van der Waals surface area (Å²) in [6.45, 7) is 2.69. The predicted molar refractivity (Wildman–Crippen MR) is 80.3 cm³/mol. The van der Waals surface area contributed by atoms with Crippen LogP contribution < -0.4 is 5.32 Å². The molecule has 5 nitrogen and oxygen atoms in total. The van der Waals surface area contributed by atoms with Gasteiger partial charge < -0.3 is 5.32 Å². The maximum atomic E-state index is 10.7. The van der Waals surface area contributed by atoms with Gasteiger partial charge in [0.2, 0.25) is 0 Å². The Morgan fingerprint density at radius 2 is 2.05 bits per heavy atom. The number of benzene rings is 1. The van der Waals surface area contributed by atoms with E-state index in [-0.39, 0.29) is 11.7 Å². The number of aromatic nitrogens is 1. The summed E-state index contributed by atoms with van der Waals surface area (Å²) in [5, 5.41) is 14.1. The van der Waals surface area contributed by atoms with Gasteiger partial charge in [-0.3, -0.25) is 15.1 Å². The number of nitro benzene ring substituents is 1. The Hall–Kier alpha value is -1.79. The minimum atomic E-state index is -0.401. The maximum absolute atomic E-state index is 10.7. The average molecular weight is 336 g/mol. The molecule has 1 unspecified atom stereocenters. The Morgan fingerprint density at radius 1 is 1.35 bits per heavy atom. The normalized spacial score (nSPS) is 12.1. The molecule has 0 radical (unpaired) electrons. The van der Waals surface area contributed by atoms with E-state index in [0.29, 0.717) is 6.54 Å². The molecule has 0 spiro atoms. The third-order valence-electron chi connectivity index (χ3n) is 3.05. The number of hydrogen-bond acceptors (Lipinski definition) is 4. The van der Waals surface area contributed by atoms with E-state index in [0.717, 1.165) is 15.6 Å². The van der Waals surface area contributed by atoms with Crippen molar-refractivity contribution < 1.29 is 4.92 Å². The minimum absolute atomic E-state index is 0.0859. The standard InChI is InChI=1S/C14H14BrN3O2/c1-10(11-4-6-16-7-5-11)17-9-12-2-3-13(18(19)20)8-14(12)15/h2-8,10,17H,9H2,1H3. The molecule has 0 saturated heterocycles. The molecule has 2 rings (SSSR count). The van der Waals surface area contributed by atoms with Crippen molar-refractivity contribution in [2.75, 3.05) is 0 Å². The van der Waals surface area contributed by atoms with Crippen molar-refractivity contribution in [2.24, 2.45) is 0 Å². The Balaban J connectivity index is 2.02. The first-order valence-electron chi connectivity index (χ1n) is 6.14. The highest BCUT2D eigenvalue weighted by Gasteiger charge is 2.10. The van der Waals surface area contributed by atoms with Gasteiger partial charge >= 0.3 is 0 Å². The average Bonchev–Trinajstić information content (AvgIpc) is 2.46. The number of halogens is 1. The van der Waals surface area contributed by atoms with Crippen molar-refractivity contribution in [3.63, 3.8) is 0 Å². The second kappa shape index (κ2) is 6.58. The second-order valence-corrected chi connectivity index (χ2v) is 5.27. The van der Waals surface area contributed by atoms with Gasteiger partial charge in [-0.05, 0) is 36.2 Å². The lowest BCUT2D eigenvalue weighted by Crippen LogP contribution is -2.18. The van der Waals surface area contributed by atoms with Crippen LogP contribution in [0.1, 0.15) is 24.1 Å². The molecule has 1 N–H and O–H groups in total. The van der Waals surface area contributed by atoms with E-state index in [4.69, 9.17) is 0 Å². The molecule has 0 aliphatic rings. The zero-order valence-electron chi connectivity index (χ0n) is 10.9. The fraction of sp³-hybridized carbons (Fsp3) is 0.214. The van der Waals surface area contributed by atoms with Crippen LogP contribution in [0.3, 0.4) is 0 Å². The number of nitrogens with zero attached hydrogens (tertiary/aromatic N) is 2. The van der Waals surface area contributed by atoms with Crippen molar-refractivity contribution in [3.05, 3.63) is 68.4 Å². The summed E-state index contributed by atoms with van der Waals surface area (Å²) in [7, 11) is 0. The Kier molecular flexibility index (Phi) is 4.81. The van der Waals surface area contributed by atoms with Crippen LogP contribution in [0.4, 0.5) is 5.69 Å². The van der Waals surface area contributed by atoms with E-state index in [1.807, 2.05) is 12.1 Å². The zero-order valence-corrected chi connectivity index (χ0v) is 12.5. The largest absolute Gasteiger partial charge is 0.306 e. The van der Waals surface area contributed by atoms with E-state index >= 15 is 0 Å². The fourth-order valence-corrected chi connectivity index (χ4v) is 2.33. The Bertz CT molecular complexity index is 605. The molecule has 2 aromatic rings. The van der Waals surface area contributed by atoms with Gasteiger partial charge in [0.05, 0.1) is 4.92 Å². The van der Waals surface area contributed by atoms with Crippen LogP contribution >= 0.6 is 15.9 Å². The number of nitrogens with one attached hydrogen (secondary N) is 1. The molecule has 1 aromatic carbocycles. The van der Waals surface area contributed by atoms with E-state index in [1.165, 1.54) is 12.1 Å². The highest BCUT2D eigenvalue weighted by Crippen LogP contribution is 2.23. The second-order valence-electron chi connectivity index (χ2n) is 4.42. The number of non-ortho nitro benzene ring substituents is 1. The van der Waals surface area contributed by atoms with Gasteiger partial charge in [-0.15, -0.1) is 0 Å². The molecular weight excluding hydrogens is 322 g/mol. The van der Waals surface area contributed by atoms with Crippen LogP contribution in [0, 0.1) is 10.1 Å². The molecule has 20 heavy (non-hydrogen) atoms. The van der Waals surface area contributed by atoms with Crippen LogP contribution in [0.25, 0.3) is 0 Å². The van der Waals surface area contributed by atoms with E-state index < -0.39 is 4.92 Å². The Morgan fingerprint density at radius 3 is 2.65 bits per heavy atom. The first-order valence-corrected chi connectivity index (χ1v) is 6.93. The summed E-state index contributed by atoms with van der Waals surface area (Å²) < 4.78 is 0.737. The summed E-state index contributed by atoms with van der Waals surface area (Å²) in [4.78, 5) is 14.3. The molecule has 0 aliphatic carbocycles. The Labute approximate surface area is 125 Å². The zero-order chi connectivity index (χ0) is 14.5. The van der Waals surface area contributed by atoms with E-state index in [1.54, 1.807) is 18.5 Å². The van der Waals surface area contributed by atoms with E-state index in [9.17, 15) is 10.1 Å². The van der Waals surface area contributed by atoms with E-state index in [2.05, 4.69) is 33.2 Å². The molecular formula is C14H14BrN3O2. The quantitative estimate of drug-likeness (QED) is 0.669. The predicted octanol–water partition coefficient (Wildman–Crippen LogP) is 3.60. The van der Waals surface area contributed by atoms with Crippen LogP contribution in [0.15, 0.2) is 47.2 Å². The molecule has 1 atom stereocenters. The van der Waals surface area contributed by atoms with Crippen molar-refractivity contribution >= 4 is 21.6 Å². The highest BCUT2D eigenvalue weighted by atomic mass is 79.9. The monoisotopic (exact) mass is 335 g/mol. The van der Waals surface area contributed by atoms with Crippen LogP contribution in [-0.2, 0) is 6.54 Å². The lowest BCUT2D eigenvalue weighted by atomic mass is 10.1. The summed E-state index contributed by atoms with van der Waals surface area (Å²) >= 11 is 3.37. The van der Waals surface area contributed by atoms with Gasteiger partial charge in [0, 0.05) is 41.6 Å². The number of rotatable bonds is 5. The number of hydrogen-bond donors (Lipinski definition) is 1. The first kappa shape index (κ1) is 14.6. The highest BCUT2D eigenvalue weighted by molar-refractivity contribution is 9.10. The lowest BCUT2D eigenvalue weighted by Gasteiger charge is -2.14. The van der Waals surface area contributed by atoms with Crippen LogP contribution in [0.5, 0.6) is 0 Å². The smallest absolute Gasteiger partial charge is 0.270 e. The molecule has 0 aliphatic heterocycles. The summed E-state index contributed by atoms with van der Waals surface area (Å²) in [6.07, 6.45) is 3.52. The third-order valence-corrected chi connectivity index (χ3v) is 3.79. The van der Waals surface area contributed by atoms with Crippen LogP contribution in [0.2, 0.25) is 0 Å². The van der Waals surface area contributed by atoms with Gasteiger partial charge in [0.25, 0.3) is 5.69 Å². The summed E-state index contributed by atoms with van der Waals surface area (Å²) in [5.41, 5.74) is 2.22. The first-order chi connectivity index (χ1) is 9.58. The topological polar surface area (TPSA) is 68.1 Å².